The molecule has 3 rings (SSSR count). The molecule has 5 nitrogen and oxygen atoms in total. The fourth-order valence-electron chi connectivity index (χ4n) is 3.15. The molecular weight excluding hydrogens is 338 g/mol. The Hall–Kier alpha value is -2.69. The van der Waals surface area contributed by atoms with Crippen molar-refractivity contribution < 1.29 is 9.53 Å². The van der Waals surface area contributed by atoms with Gasteiger partial charge in [-0.3, -0.25) is 0 Å². The molecule has 2 aromatic rings. The van der Waals surface area contributed by atoms with Gasteiger partial charge in [-0.1, -0.05) is 44.2 Å². The summed E-state index contributed by atoms with van der Waals surface area (Å²) >= 11 is 0. The zero-order chi connectivity index (χ0) is 19.1. The van der Waals surface area contributed by atoms with Crippen LogP contribution in [0.15, 0.2) is 54.6 Å². The Labute approximate surface area is 161 Å². The van der Waals surface area contributed by atoms with Gasteiger partial charge >= 0.3 is 6.03 Å². The van der Waals surface area contributed by atoms with Gasteiger partial charge in [0.1, 0.15) is 5.75 Å². The molecular formula is C22H29N3O2. The first-order valence-corrected chi connectivity index (χ1v) is 9.73. The third-order valence-electron chi connectivity index (χ3n) is 4.74. The van der Waals surface area contributed by atoms with E-state index < -0.39 is 0 Å². The summed E-state index contributed by atoms with van der Waals surface area (Å²) in [5.74, 6) is 2.27. The van der Waals surface area contributed by atoms with Gasteiger partial charge in [-0.2, -0.15) is 0 Å². The molecule has 1 heterocycles. The number of carbonyl (C=O) groups excluding carboxylic acids is 1. The second-order valence-corrected chi connectivity index (χ2v) is 7.27. The van der Waals surface area contributed by atoms with Gasteiger partial charge in [0.2, 0.25) is 0 Å². The van der Waals surface area contributed by atoms with E-state index in [-0.39, 0.29) is 6.03 Å². The second kappa shape index (κ2) is 9.31. The molecule has 2 amide bonds. The maximum absolute atomic E-state index is 12.3. The first kappa shape index (κ1) is 19.1. The number of urea groups is 1. The van der Waals surface area contributed by atoms with Crippen LogP contribution in [-0.4, -0.2) is 43.7 Å². The van der Waals surface area contributed by atoms with Crippen LogP contribution in [0.1, 0.15) is 20.3 Å². The lowest BCUT2D eigenvalue weighted by atomic mass is 10.1. The maximum Gasteiger partial charge on any atom is 0.317 e. The fraction of sp³-hybridized carbons (Fsp3) is 0.409. The highest BCUT2D eigenvalue weighted by molar-refractivity contribution is 5.74. The second-order valence-electron chi connectivity index (χ2n) is 7.27. The van der Waals surface area contributed by atoms with Gasteiger partial charge in [-0.05, 0) is 36.6 Å². The van der Waals surface area contributed by atoms with Gasteiger partial charge < -0.3 is 19.9 Å². The van der Waals surface area contributed by atoms with Crippen LogP contribution < -0.4 is 15.0 Å². The lowest BCUT2D eigenvalue weighted by Crippen LogP contribution is -2.52. The summed E-state index contributed by atoms with van der Waals surface area (Å²) in [7, 11) is 0. The van der Waals surface area contributed by atoms with Gasteiger partial charge in [0.25, 0.3) is 0 Å². The summed E-state index contributed by atoms with van der Waals surface area (Å²) in [4.78, 5) is 16.5. The van der Waals surface area contributed by atoms with E-state index in [1.165, 1.54) is 0 Å². The summed E-state index contributed by atoms with van der Waals surface area (Å²) < 4.78 is 6.08. The number of ether oxygens (including phenoxy) is 1. The molecule has 144 valence electrons. The number of nitrogens with one attached hydrogen (secondary N) is 1. The molecule has 27 heavy (non-hydrogen) atoms. The van der Waals surface area contributed by atoms with Crippen LogP contribution in [0.25, 0.3) is 0 Å². The Morgan fingerprint density at radius 2 is 1.67 bits per heavy atom. The van der Waals surface area contributed by atoms with Crippen molar-refractivity contribution in [1.82, 2.24) is 10.2 Å². The lowest BCUT2D eigenvalue weighted by Gasteiger charge is -2.36. The Balaban J connectivity index is 1.57. The summed E-state index contributed by atoms with van der Waals surface area (Å²) in [6.45, 7) is 8.10. The highest BCUT2D eigenvalue weighted by atomic mass is 16.5. The van der Waals surface area contributed by atoms with Crippen LogP contribution in [0.4, 0.5) is 10.5 Å². The number of anilines is 1. The zero-order valence-corrected chi connectivity index (χ0v) is 16.2. The Kier molecular flexibility index (Phi) is 6.58. The average molecular weight is 367 g/mol. The maximum atomic E-state index is 12.3. The van der Waals surface area contributed by atoms with Gasteiger partial charge in [-0.25, -0.2) is 4.79 Å². The van der Waals surface area contributed by atoms with Crippen molar-refractivity contribution in [3.8, 4) is 11.5 Å². The van der Waals surface area contributed by atoms with E-state index >= 15 is 0 Å². The zero-order valence-electron chi connectivity index (χ0n) is 16.2. The Morgan fingerprint density at radius 3 is 2.37 bits per heavy atom. The van der Waals surface area contributed by atoms with Gasteiger partial charge in [0.05, 0.1) is 5.69 Å². The van der Waals surface area contributed by atoms with Crippen molar-refractivity contribution in [3.05, 3.63) is 54.6 Å². The highest BCUT2D eigenvalue weighted by Crippen LogP contribution is 2.32. The molecule has 0 spiro atoms. The van der Waals surface area contributed by atoms with Crippen molar-refractivity contribution in [1.29, 1.82) is 0 Å². The number of carbonyl (C=O) groups is 1. The highest BCUT2D eigenvalue weighted by Gasteiger charge is 2.22. The quantitative estimate of drug-likeness (QED) is 0.825. The number of benzene rings is 2. The summed E-state index contributed by atoms with van der Waals surface area (Å²) in [6, 6.07) is 18.0. The van der Waals surface area contributed by atoms with E-state index in [9.17, 15) is 4.79 Å². The third kappa shape index (κ3) is 5.39. The van der Waals surface area contributed by atoms with E-state index in [1.807, 2.05) is 53.4 Å². The molecule has 0 aliphatic carbocycles. The lowest BCUT2D eigenvalue weighted by molar-refractivity contribution is 0.194. The summed E-state index contributed by atoms with van der Waals surface area (Å²) in [5, 5.41) is 3.03. The Bertz CT molecular complexity index is 725. The normalized spacial score (nSPS) is 14.3. The Morgan fingerprint density at radius 1 is 1.00 bits per heavy atom. The van der Waals surface area contributed by atoms with Gasteiger partial charge in [0.15, 0.2) is 5.75 Å². The van der Waals surface area contributed by atoms with Gasteiger partial charge in [0, 0.05) is 32.7 Å². The van der Waals surface area contributed by atoms with Gasteiger partial charge in [-0.15, -0.1) is 0 Å². The van der Waals surface area contributed by atoms with E-state index in [1.54, 1.807) is 0 Å². The predicted molar refractivity (Wildman–Crippen MR) is 110 cm³/mol. The van der Waals surface area contributed by atoms with Crippen LogP contribution in [-0.2, 0) is 0 Å². The molecule has 2 aromatic carbocycles. The third-order valence-corrected chi connectivity index (χ3v) is 4.74. The van der Waals surface area contributed by atoms with E-state index in [0.717, 1.165) is 43.2 Å². The number of amides is 2. The van der Waals surface area contributed by atoms with Crippen molar-refractivity contribution >= 4 is 11.7 Å². The molecule has 0 aromatic heterocycles. The number of hydrogen-bond donors (Lipinski definition) is 1. The van der Waals surface area contributed by atoms with E-state index in [4.69, 9.17) is 4.74 Å². The first-order chi connectivity index (χ1) is 13.1. The van der Waals surface area contributed by atoms with Crippen LogP contribution in [0, 0.1) is 5.92 Å². The smallest absolute Gasteiger partial charge is 0.317 e. The topological polar surface area (TPSA) is 44.8 Å². The minimum atomic E-state index is 0.0455. The van der Waals surface area contributed by atoms with Crippen molar-refractivity contribution in [2.24, 2.45) is 5.92 Å². The molecule has 1 aliphatic heterocycles. The number of piperazine rings is 1. The fourth-order valence-corrected chi connectivity index (χ4v) is 3.15. The molecule has 1 saturated heterocycles. The first-order valence-electron chi connectivity index (χ1n) is 9.73. The molecule has 0 atom stereocenters. The predicted octanol–water partition coefficient (Wildman–Crippen LogP) is 4.36. The summed E-state index contributed by atoms with van der Waals surface area (Å²) in [5.41, 5.74) is 1.07. The van der Waals surface area contributed by atoms with E-state index in [0.29, 0.717) is 19.0 Å². The minimum absolute atomic E-state index is 0.0455. The van der Waals surface area contributed by atoms with Crippen LogP contribution in [0.5, 0.6) is 11.5 Å². The molecule has 1 fully saturated rings. The van der Waals surface area contributed by atoms with Crippen molar-refractivity contribution in [2.75, 3.05) is 37.6 Å². The molecule has 0 bridgehead atoms. The number of hydrogen-bond acceptors (Lipinski definition) is 3. The van der Waals surface area contributed by atoms with Crippen molar-refractivity contribution in [2.45, 2.75) is 20.3 Å². The number of para-hydroxylation sites is 3. The average Bonchev–Trinajstić information content (AvgIpc) is 2.69. The van der Waals surface area contributed by atoms with Crippen LogP contribution in [0.2, 0.25) is 0 Å². The minimum Gasteiger partial charge on any atom is -0.455 e. The van der Waals surface area contributed by atoms with Crippen molar-refractivity contribution in [3.63, 3.8) is 0 Å². The molecule has 1 N–H and O–H groups in total. The largest absolute Gasteiger partial charge is 0.455 e. The number of nitrogens with zero attached hydrogens (tertiary/aromatic N) is 2. The molecule has 5 heteroatoms. The van der Waals surface area contributed by atoms with Crippen LogP contribution in [0.3, 0.4) is 0 Å². The standard InChI is InChI=1S/C22H29N3O2/c1-18(2)12-13-23-22(26)25-16-14-24(15-17-25)20-10-6-7-11-21(20)27-19-8-4-3-5-9-19/h3-11,18H,12-17H2,1-2H3,(H,23,26). The SMILES string of the molecule is CC(C)CCNC(=O)N1CCN(c2ccccc2Oc2ccccc2)CC1. The monoisotopic (exact) mass is 367 g/mol. The summed E-state index contributed by atoms with van der Waals surface area (Å²) in [6.07, 6.45) is 1.01. The molecule has 1 aliphatic rings. The molecule has 0 unspecified atom stereocenters. The van der Waals surface area contributed by atoms with E-state index in [2.05, 4.69) is 30.1 Å². The number of rotatable bonds is 6. The molecule has 0 saturated carbocycles. The van der Waals surface area contributed by atoms with Crippen LogP contribution >= 0.6 is 0 Å². The molecule has 0 radical (unpaired) electrons.